The summed E-state index contributed by atoms with van der Waals surface area (Å²) in [4.78, 5) is 11.2. The molecule has 0 aliphatic carbocycles. The Labute approximate surface area is 102 Å². The average molecular weight is 237 g/mol. The highest BCUT2D eigenvalue weighted by Gasteiger charge is 2.03. The lowest BCUT2D eigenvalue weighted by atomic mass is 10.1. The van der Waals surface area contributed by atoms with E-state index in [1.54, 1.807) is 6.92 Å². The van der Waals surface area contributed by atoms with Crippen LogP contribution in [-0.2, 0) is 16.0 Å². The van der Waals surface area contributed by atoms with Crippen molar-refractivity contribution in [2.24, 2.45) is 5.73 Å². The van der Waals surface area contributed by atoms with E-state index in [-0.39, 0.29) is 5.97 Å². The summed E-state index contributed by atoms with van der Waals surface area (Å²) in [6.07, 6.45) is 1.14. The summed E-state index contributed by atoms with van der Waals surface area (Å²) in [6, 6.07) is 7.44. The summed E-state index contributed by atoms with van der Waals surface area (Å²) in [7, 11) is 0. The zero-order chi connectivity index (χ0) is 12.5. The van der Waals surface area contributed by atoms with Gasteiger partial charge >= 0.3 is 5.97 Å². The summed E-state index contributed by atoms with van der Waals surface area (Å²) in [5, 5.41) is 0. The van der Waals surface area contributed by atoms with Crippen molar-refractivity contribution in [2.75, 3.05) is 19.8 Å². The molecule has 0 radical (unpaired) electrons. The molecule has 4 heteroatoms. The third-order valence-corrected chi connectivity index (χ3v) is 2.19. The van der Waals surface area contributed by atoms with Gasteiger partial charge in [-0.1, -0.05) is 12.1 Å². The number of ether oxygens (including phenoxy) is 2. The fraction of sp³-hybridized carbons (Fsp3) is 0.462. The molecule has 0 spiro atoms. The molecule has 94 valence electrons. The van der Waals surface area contributed by atoms with Crippen LogP contribution in [0.25, 0.3) is 0 Å². The van der Waals surface area contributed by atoms with Crippen LogP contribution in [-0.4, -0.2) is 25.7 Å². The summed E-state index contributed by atoms with van der Waals surface area (Å²) < 4.78 is 10.3. The van der Waals surface area contributed by atoms with Gasteiger partial charge in [0, 0.05) is 0 Å². The van der Waals surface area contributed by atoms with Crippen molar-refractivity contribution >= 4 is 5.97 Å². The fourth-order valence-corrected chi connectivity index (χ4v) is 1.36. The van der Waals surface area contributed by atoms with Crippen LogP contribution in [0.2, 0.25) is 0 Å². The van der Waals surface area contributed by atoms with Crippen LogP contribution < -0.4 is 10.5 Å². The Kier molecular flexibility index (Phi) is 6.10. The molecular formula is C13H19NO3. The van der Waals surface area contributed by atoms with Crippen LogP contribution in [0.1, 0.15) is 18.9 Å². The van der Waals surface area contributed by atoms with Gasteiger partial charge < -0.3 is 15.2 Å². The molecule has 0 aromatic heterocycles. The van der Waals surface area contributed by atoms with Crippen LogP contribution in [0, 0.1) is 0 Å². The molecule has 2 N–H and O–H groups in total. The van der Waals surface area contributed by atoms with Crippen molar-refractivity contribution in [3.63, 3.8) is 0 Å². The van der Waals surface area contributed by atoms with Gasteiger partial charge in [-0.3, -0.25) is 4.79 Å². The average Bonchev–Trinajstić information content (AvgIpc) is 2.32. The van der Waals surface area contributed by atoms with Gasteiger partial charge in [0.2, 0.25) is 0 Å². The van der Waals surface area contributed by atoms with E-state index < -0.39 is 0 Å². The van der Waals surface area contributed by atoms with Crippen molar-refractivity contribution in [1.29, 1.82) is 0 Å². The second-order valence-electron chi connectivity index (χ2n) is 3.62. The highest BCUT2D eigenvalue weighted by atomic mass is 16.5. The van der Waals surface area contributed by atoms with Gasteiger partial charge in [-0.25, -0.2) is 0 Å². The molecule has 0 bridgehead atoms. The van der Waals surface area contributed by atoms with E-state index in [4.69, 9.17) is 15.2 Å². The summed E-state index contributed by atoms with van der Waals surface area (Å²) in [5.74, 6) is 0.593. The Hall–Kier alpha value is -1.55. The Morgan fingerprint density at radius 1 is 1.29 bits per heavy atom. The molecule has 0 unspecified atom stereocenters. The lowest BCUT2D eigenvalue weighted by Crippen LogP contribution is -2.08. The first-order valence-corrected chi connectivity index (χ1v) is 5.83. The number of rotatable bonds is 7. The van der Waals surface area contributed by atoms with Crippen LogP contribution in [0.3, 0.4) is 0 Å². The quantitative estimate of drug-likeness (QED) is 0.577. The largest absolute Gasteiger partial charge is 0.494 e. The standard InChI is InChI=1S/C13H19NO3/c1-2-16-13(15)10-11-4-6-12(7-5-11)17-9-3-8-14/h4-7H,2-3,8-10,14H2,1H3. The second kappa shape index (κ2) is 7.68. The first kappa shape index (κ1) is 13.5. The maximum Gasteiger partial charge on any atom is 0.310 e. The topological polar surface area (TPSA) is 61.5 Å². The zero-order valence-electron chi connectivity index (χ0n) is 10.1. The van der Waals surface area contributed by atoms with E-state index in [0.29, 0.717) is 26.2 Å². The third-order valence-electron chi connectivity index (χ3n) is 2.19. The molecule has 1 rings (SSSR count). The molecule has 17 heavy (non-hydrogen) atoms. The van der Waals surface area contributed by atoms with Gasteiger partial charge in [-0.15, -0.1) is 0 Å². The minimum atomic E-state index is -0.204. The lowest BCUT2D eigenvalue weighted by molar-refractivity contribution is -0.142. The normalized spacial score (nSPS) is 10.0. The SMILES string of the molecule is CCOC(=O)Cc1ccc(OCCCN)cc1. The fourth-order valence-electron chi connectivity index (χ4n) is 1.36. The van der Waals surface area contributed by atoms with Gasteiger partial charge in [0.25, 0.3) is 0 Å². The number of carbonyl (C=O) groups is 1. The predicted octanol–water partition coefficient (Wildman–Crippen LogP) is 1.52. The molecule has 0 aliphatic rings. The molecular weight excluding hydrogens is 218 g/mol. The molecule has 0 amide bonds. The maximum atomic E-state index is 11.2. The van der Waals surface area contributed by atoms with Gasteiger partial charge in [0.05, 0.1) is 19.6 Å². The number of esters is 1. The number of hydrogen-bond donors (Lipinski definition) is 1. The molecule has 0 saturated carbocycles. The van der Waals surface area contributed by atoms with E-state index in [1.807, 2.05) is 24.3 Å². The molecule has 1 aromatic rings. The van der Waals surface area contributed by atoms with Crippen molar-refractivity contribution in [3.05, 3.63) is 29.8 Å². The monoisotopic (exact) mass is 237 g/mol. The highest BCUT2D eigenvalue weighted by molar-refractivity contribution is 5.72. The molecule has 4 nitrogen and oxygen atoms in total. The maximum absolute atomic E-state index is 11.2. The van der Waals surface area contributed by atoms with Gasteiger partial charge in [-0.05, 0) is 37.6 Å². The van der Waals surface area contributed by atoms with Crippen LogP contribution >= 0.6 is 0 Å². The molecule has 0 fully saturated rings. The zero-order valence-corrected chi connectivity index (χ0v) is 10.1. The Morgan fingerprint density at radius 3 is 2.59 bits per heavy atom. The van der Waals surface area contributed by atoms with Crippen molar-refractivity contribution in [2.45, 2.75) is 19.8 Å². The summed E-state index contributed by atoms with van der Waals surface area (Å²) in [5.41, 5.74) is 6.29. The lowest BCUT2D eigenvalue weighted by Gasteiger charge is -2.06. The number of nitrogens with two attached hydrogens (primary N) is 1. The minimum absolute atomic E-state index is 0.204. The van der Waals surface area contributed by atoms with E-state index in [2.05, 4.69) is 0 Å². The van der Waals surface area contributed by atoms with E-state index in [0.717, 1.165) is 17.7 Å². The van der Waals surface area contributed by atoms with Gasteiger partial charge in [-0.2, -0.15) is 0 Å². The molecule has 1 aromatic carbocycles. The first-order valence-electron chi connectivity index (χ1n) is 5.83. The number of carbonyl (C=O) groups excluding carboxylic acids is 1. The van der Waals surface area contributed by atoms with Crippen LogP contribution in [0.4, 0.5) is 0 Å². The van der Waals surface area contributed by atoms with E-state index >= 15 is 0 Å². The van der Waals surface area contributed by atoms with Crippen LogP contribution in [0.15, 0.2) is 24.3 Å². The van der Waals surface area contributed by atoms with Crippen LogP contribution in [0.5, 0.6) is 5.75 Å². The Morgan fingerprint density at radius 2 is 2.00 bits per heavy atom. The molecule has 0 saturated heterocycles. The van der Waals surface area contributed by atoms with E-state index in [9.17, 15) is 4.79 Å². The number of benzene rings is 1. The molecule has 0 atom stereocenters. The third kappa shape index (κ3) is 5.36. The second-order valence-corrected chi connectivity index (χ2v) is 3.62. The van der Waals surface area contributed by atoms with Crippen molar-refractivity contribution < 1.29 is 14.3 Å². The van der Waals surface area contributed by atoms with E-state index in [1.165, 1.54) is 0 Å². The minimum Gasteiger partial charge on any atom is -0.494 e. The van der Waals surface area contributed by atoms with Gasteiger partial charge in [0.1, 0.15) is 5.75 Å². The molecule has 0 aliphatic heterocycles. The van der Waals surface area contributed by atoms with Gasteiger partial charge in [0.15, 0.2) is 0 Å². The molecule has 0 heterocycles. The van der Waals surface area contributed by atoms with Crippen molar-refractivity contribution in [1.82, 2.24) is 0 Å². The smallest absolute Gasteiger partial charge is 0.310 e. The number of hydrogen-bond acceptors (Lipinski definition) is 4. The summed E-state index contributed by atoms with van der Waals surface area (Å²) >= 11 is 0. The predicted molar refractivity (Wildman–Crippen MR) is 65.9 cm³/mol. The summed E-state index contributed by atoms with van der Waals surface area (Å²) in [6.45, 7) is 3.46. The van der Waals surface area contributed by atoms with Crippen molar-refractivity contribution in [3.8, 4) is 5.75 Å². The highest BCUT2D eigenvalue weighted by Crippen LogP contribution is 2.13. The first-order chi connectivity index (χ1) is 8.26. The Bertz CT molecular complexity index is 335. The Balaban J connectivity index is 2.41.